The van der Waals surface area contributed by atoms with Crippen LogP contribution in [0.15, 0.2) is 30.6 Å². The van der Waals surface area contributed by atoms with Crippen LogP contribution in [0.2, 0.25) is 5.02 Å². The van der Waals surface area contributed by atoms with E-state index < -0.39 is 5.82 Å². The Balaban J connectivity index is 1.40. The Hall–Kier alpha value is -2.97. The number of benzene rings is 1. The van der Waals surface area contributed by atoms with Crippen molar-refractivity contribution in [2.24, 2.45) is 0 Å². The zero-order chi connectivity index (χ0) is 22.7. The number of ether oxygens (including phenoxy) is 1. The number of rotatable bonds is 4. The van der Waals surface area contributed by atoms with Crippen LogP contribution in [0.1, 0.15) is 60.1 Å². The van der Waals surface area contributed by atoms with Gasteiger partial charge in [0, 0.05) is 28.3 Å². The van der Waals surface area contributed by atoms with E-state index in [1.165, 1.54) is 18.9 Å². The lowest BCUT2D eigenvalue weighted by Crippen LogP contribution is -2.09. The van der Waals surface area contributed by atoms with E-state index in [1.807, 2.05) is 24.7 Å². The Labute approximate surface area is 195 Å². The summed E-state index contributed by atoms with van der Waals surface area (Å²) in [7, 11) is 0. The van der Waals surface area contributed by atoms with Crippen LogP contribution < -0.4 is 0 Å². The molecule has 33 heavy (non-hydrogen) atoms. The molecule has 1 saturated heterocycles. The third kappa shape index (κ3) is 3.77. The number of halogens is 2. The zero-order valence-corrected chi connectivity index (χ0v) is 19.1. The second kappa shape index (κ2) is 7.81. The highest BCUT2D eigenvalue weighted by atomic mass is 35.5. The van der Waals surface area contributed by atoms with Crippen molar-refractivity contribution in [3.63, 3.8) is 0 Å². The van der Waals surface area contributed by atoms with Crippen molar-refractivity contribution < 1.29 is 9.13 Å². The third-order valence-electron chi connectivity index (χ3n) is 6.42. The van der Waals surface area contributed by atoms with Gasteiger partial charge in [-0.15, -0.1) is 0 Å². The van der Waals surface area contributed by atoms with Gasteiger partial charge in [-0.05, 0) is 51.3 Å². The first-order chi connectivity index (χ1) is 16.0. The summed E-state index contributed by atoms with van der Waals surface area (Å²) in [5.41, 5.74) is 4.28. The highest BCUT2D eigenvalue weighted by Gasteiger charge is 2.33. The Bertz CT molecular complexity index is 1390. The summed E-state index contributed by atoms with van der Waals surface area (Å²) in [6.45, 7) is 4.23. The molecule has 0 spiro atoms. The molecule has 2 fully saturated rings. The van der Waals surface area contributed by atoms with Gasteiger partial charge >= 0.3 is 0 Å². The minimum atomic E-state index is -0.457. The quantitative estimate of drug-likeness (QED) is 0.409. The van der Waals surface area contributed by atoms with E-state index in [0.717, 1.165) is 23.4 Å². The predicted octanol–water partition coefficient (Wildman–Crippen LogP) is 5.27. The molecule has 7 nitrogen and oxygen atoms in total. The van der Waals surface area contributed by atoms with Gasteiger partial charge in [0.05, 0.1) is 36.3 Å². The van der Waals surface area contributed by atoms with E-state index >= 15 is 0 Å². The molecule has 6 rings (SSSR count). The zero-order valence-electron chi connectivity index (χ0n) is 18.3. The van der Waals surface area contributed by atoms with Crippen LogP contribution in [0.3, 0.4) is 0 Å². The fourth-order valence-corrected chi connectivity index (χ4v) is 4.44. The normalized spacial score (nSPS) is 20.6. The molecule has 4 heterocycles. The number of hydrogen-bond donors (Lipinski definition) is 0. The van der Waals surface area contributed by atoms with Gasteiger partial charge in [0.15, 0.2) is 5.65 Å². The average Bonchev–Trinajstić information content (AvgIpc) is 3.31. The van der Waals surface area contributed by atoms with Crippen LogP contribution >= 0.6 is 11.6 Å². The van der Waals surface area contributed by atoms with Crippen LogP contribution in [0.25, 0.3) is 22.4 Å². The molecule has 1 saturated carbocycles. The van der Waals surface area contributed by atoms with Crippen molar-refractivity contribution in [2.75, 3.05) is 6.61 Å². The van der Waals surface area contributed by atoms with Crippen molar-refractivity contribution in [1.82, 2.24) is 29.7 Å². The monoisotopic (exact) mass is 464 g/mol. The number of fused-ring (bicyclic) bond motifs is 1. The fourth-order valence-electron chi connectivity index (χ4n) is 4.28. The van der Waals surface area contributed by atoms with E-state index in [2.05, 4.69) is 21.3 Å². The molecule has 1 aliphatic carbocycles. The van der Waals surface area contributed by atoms with E-state index in [9.17, 15) is 4.39 Å². The van der Waals surface area contributed by atoms with Crippen molar-refractivity contribution >= 4 is 22.8 Å². The molecule has 0 N–H and O–H groups in total. The molecule has 2 unspecified atom stereocenters. The van der Waals surface area contributed by atoms with Gasteiger partial charge in [0.1, 0.15) is 22.9 Å². The van der Waals surface area contributed by atoms with Gasteiger partial charge < -0.3 is 4.74 Å². The molecule has 2 atom stereocenters. The van der Waals surface area contributed by atoms with Crippen molar-refractivity contribution in [2.45, 2.75) is 51.2 Å². The molecule has 1 aliphatic heterocycles. The van der Waals surface area contributed by atoms with Gasteiger partial charge in [-0.25, -0.2) is 24.3 Å². The summed E-state index contributed by atoms with van der Waals surface area (Å²) in [5.74, 6) is 0.0872. The summed E-state index contributed by atoms with van der Waals surface area (Å²) in [5, 5.41) is 4.81. The molecular weight excluding hydrogens is 443 g/mol. The van der Waals surface area contributed by atoms with Gasteiger partial charge in [-0.1, -0.05) is 11.6 Å². The molecule has 0 amide bonds. The van der Waals surface area contributed by atoms with Gasteiger partial charge in [0.25, 0.3) is 0 Å². The minimum absolute atomic E-state index is 0.0406. The topological polar surface area (TPSA) is 78.6 Å². The Morgan fingerprint density at radius 2 is 1.91 bits per heavy atom. The summed E-state index contributed by atoms with van der Waals surface area (Å²) in [6, 6.07) is 5.08. The van der Waals surface area contributed by atoms with Crippen molar-refractivity contribution in [1.29, 1.82) is 0 Å². The molecule has 1 aromatic carbocycles. The second-order valence-corrected chi connectivity index (χ2v) is 9.30. The summed E-state index contributed by atoms with van der Waals surface area (Å²) < 4.78 is 23.0. The molecule has 9 heteroatoms. The molecular formula is C24H22ClFN6O. The SMILES string of the molecule is Cc1nc2nc(C3COC(c4cnn(C5CC5)c4)C3)nc(-c3ccc(Cl)cc3F)c2nc1C. The maximum atomic E-state index is 14.9. The number of aryl methyl sites for hydroxylation is 2. The molecule has 2 aliphatic rings. The lowest BCUT2D eigenvalue weighted by Gasteiger charge is -2.13. The van der Waals surface area contributed by atoms with Crippen LogP contribution in [0.4, 0.5) is 4.39 Å². The lowest BCUT2D eigenvalue weighted by molar-refractivity contribution is 0.110. The Morgan fingerprint density at radius 3 is 2.70 bits per heavy atom. The van der Waals surface area contributed by atoms with E-state index in [4.69, 9.17) is 26.3 Å². The van der Waals surface area contributed by atoms with Crippen LogP contribution in [0.5, 0.6) is 0 Å². The summed E-state index contributed by atoms with van der Waals surface area (Å²) >= 11 is 5.98. The lowest BCUT2D eigenvalue weighted by atomic mass is 10.0. The first-order valence-electron chi connectivity index (χ1n) is 11.1. The second-order valence-electron chi connectivity index (χ2n) is 8.86. The number of aromatic nitrogens is 6. The van der Waals surface area contributed by atoms with Crippen molar-refractivity contribution in [3.8, 4) is 11.3 Å². The molecule has 0 radical (unpaired) electrons. The number of hydrogen-bond acceptors (Lipinski definition) is 6. The maximum Gasteiger partial charge on any atom is 0.182 e. The van der Waals surface area contributed by atoms with E-state index in [1.54, 1.807) is 12.1 Å². The highest BCUT2D eigenvalue weighted by molar-refractivity contribution is 6.30. The fraction of sp³-hybridized carbons (Fsp3) is 0.375. The summed E-state index contributed by atoms with van der Waals surface area (Å²) in [4.78, 5) is 18.8. The molecule has 3 aromatic heterocycles. The molecule has 4 aromatic rings. The van der Waals surface area contributed by atoms with Crippen LogP contribution in [-0.4, -0.2) is 36.3 Å². The molecule has 168 valence electrons. The van der Waals surface area contributed by atoms with Crippen molar-refractivity contribution in [3.05, 3.63) is 64.2 Å². The minimum Gasteiger partial charge on any atom is -0.373 e. The first-order valence-corrected chi connectivity index (χ1v) is 11.5. The predicted molar refractivity (Wildman–Crippen MR) is 122 cm³/mol. The van der Waals surface area contributed by atoms with Gasteiger partial charge in [0.2, 0.25) is 0 Å². The maximum absolute atomic E-state index is 14.9. The smallest absolute Gasteiger partial charge is 0.182 e. The van der Waals surface area contributed by atoms with Gasteiger partial charge in [-0.3, -0.25) is 4.68 Å². The van der Waals surface area contributed by atoms with Crippen LogP contribution in [0, 0.1) is 19.7 Å². The third-order valence-corrected chi connectivity index (χ3v) is 6.66. The number of nitrogens with zero attached hydrogens (tertiary/aromatic N) is 6. The van der Waals surface area contributed by atoms with Crippen LogP contribution in [-0.2, 0) is 4.74 Å². The largest absolute Gasteiger partial charge is 0.373 e. The van der Waals surface area contributed by atoms with E-state index in [-0.39, 0.29) is 12.0 Å². The Morgan fingerprint density at radius 1 is 1.09 bits per heavy atom. The average molecular weight is 465 g/mol. The highest BCUT2D eigenvalue weighted by Crippen LogP contribution is 2.40. The van der Waals surface area contributed by atoms with E-state index in [0.29, 0.717) is 45.9 Å². The summed E-state index contributed by atoms with van der Waals surface area (Å²) in [6.07, 6.45) is 7.00. The Kier molecular flexibility index (Phi) is 4.88. The standard InChI is InChI=1S/C24H22ClFN6O/c1-12-13(2)29-24-22(28-12)21(18-6-3-16(25)8-19(18)26)30-23(31-24)14-7-20(33-11-14)15-9-27-32(10-15)17-4-5-17/h3,6,8-10,14,17,20H,4-5,7,11H2,1-2H3. The first kappa shape index (κ1) is 20.6. The molecule has 0 bridgehead atoms. The van der Waals surface area contributed by atoms with Gasteiger partial charge in [-0.2, -0.15) is 5.10 Å².